The van der Waals surface area contributed by atoms with Crippen LogP contribution in [0.5, 0.6) is 0 Å². The Morgan fingerprint density at radius 1 is 0.257 bits per heavy atom. The minimum atomic E-state index is -0.489. The van der Waals surface area contributed by atoms with Crippen molar-refractivity contribution in [1.82, 2.24) is 4.57 Å². The maximum atomic E-state index is 2.44. The van der Waals surface area contributed by atoms with Gasteiger partial charge in [-0.25, -0.2) is 0 Å². The highest BCUT2D eigenvalue weighted by Crippen LogP contribution is 2.58. The molecule has 0 unspecified atom stereocenters. The van der Waals surface area contributed by atoms with E-state index in [1.165, 1.54) is 88.6 Å². The molecular formula is C68H46N2. The summed E-state index contributed by atoms with van der Waals surface area (Å²) in [5.74, 6) is 0. The molecule has 14 rings (SSSR count). The summed E-state index contributed by atoms with van der Waals surface area (Å²) in [4.78, 5) is 2.44. The smallest absolute Gasteiger partial charge is 0.0713 e. The zero-order valence-electron chi connectivity index (χ0n) is 38.5. The first-order valence-electron chi connectivity index (χ1n) is 24.3. The van der Waals surface area contributed by atoms with Crippen LogP contribution in [0, 0.1) is 0 Å². The molecule has 0 fully saturated rings. The standard InChI is InChI=1S/C68H46N2/c1-4-20-47(21-5-1)67(48-22-6-2-7-23-48)63-33-17-12-28-57(63)60-46-54(44-45-64(60)67)69(52-40-42-53(43-41-52)70-65-34-18-13-29-58(65)59-30-14-19-35-66(59)70)51-38-36-50(37-39-51)68(49-24-8-3-9-25-49)61-31-15-10-26-55(61)56-27-11-16-32-62(56)68/h1-46H. The highest BCUT2D eigenvalue weighted by atomic mass is 15.1. The van der Waals surface area contributed by atoms with Gasteiger partial charge in [-0.2, -0.15) is 0 Å². The van der Waals surface area contributed by atoms with E-state index >= 15 is 0 Å². The van der Waals surface area contributed by atoms with Gasteiger partial charge in [-0.3, -0.25) is 0 Å². The van der Waals surface area contributed by atoms with Gasteiger partial charge in [0.15, 0.2) is 0 Å². The van der Waals surface area contributed by atoms with Crippen LogP contribution in [0.25, 0.3) is 49.7 Å². The Hall–Kier alpha value is -8.98. The summed E-state index contributed by atoms with van der Waals surface area (Å²) >= 11 is 0. The molecule has 0 saturated heterocycles. The normalized spacial score (nSPS) is 13.7. The van der Waals surface area contributed by atoms with Crippen molar-refractivity contribution in [3.05, 3.63) is 324 Å². The van der Waals surface area contributed by atoms with E-state index in [9.17, 15) is 0 Å². The molecule has 0 atom stereocenters. The topological polar surface area (TPSA) is 8.17 Å². The van der Waals surface area contributed by atoms with Crippen molar-refractivity contribution in [3.8, 4) is 27.9 Å². The number of nitrogens with zero attached hydrogens (tertiary/aromatic N) is 2. The summed E-state index contributed by atoms with van der Waals surface area (Å²) in [5.41, 5.74) is 21.1. The molecule has 0 N–H and O–H groups in total. The number of benzene rings is 11. The van der Waals surface area contributed by atoms with Crippen molar-refractivity contribution in [2.75, 3.05) is 4.90 Å². The van der Waals surface area contributed by atoms with Crippen molar-refractivity contribution in [1.29, 1.82) is 0 Å². The molecule has 2 heteroatoms. The first-order valence-corrected chi connectivity index (χ1v) is 24.3. The summed E-state index contributed by atoms with van der Waals surface area (Å²) in [6, 6.07) is 103. The molecule has 328 valence electrons. The second-order valence-electron chi connectivity index (χ2n) is 18.7. The molecule has 11 aromatic carbocycles. The van der Waals surface area contributed by atoms with Gasteiger partial charge < -0.3 is 9.47 Å². The van der Waals surface area contributed by atoms with Gasteiger partial charge in [0.25, 0.3) is 0 Å². The summed E-state index contributed by atoms with van der Waals surface area (Å²) in [5, 5.41) is 2.51. The number of hydrogen-bond acceptors (Lipinski definition) is 1. The minimum Gasteiger partial charge on any atom is -0.310 e. The maximum absolute atomic E-state index is 2.44. The largest absolute Gasteiger partial charge is 0.310 e. The van der Waals surface area contributed by atoms with Crippen molar-refractivity contribution in [2.24, 2.45) is 0 Å². The number of aromatic nitrogens is 1. The lowest BCUT2D eigenvalue weighted by Gasteiger charge is -2.35. The Kier molecular flexibility index (Phi) is 9.06. The van der Waals surface area contributed by atoms with Crippen LogP contribution < -0.4 is 4.90 Å². The van der Waals surface area contributed by atoms with Crippen LogP contribution in [0.4, 0.5) is 17.1 Å². The molecule has 0 aliphatic heterocycles. The summed E-state index contributed by atoms with van der Waals surface area (Å²) in [7, 11) is 0. The van der Waals surface area contributed by atoms with Crippen molar-refractivity contribution in [3.63, 3.8) is 0 Å². The molecule has 0 bridgehead atoms. The van der Waals surface area contributed by atoms with Crippen LogP contribution >= 0.6 is 0 Å². The van der Waals surface area contributed by atoms with Gasteiger partial charge >= 0.3 is 0 Å². The van der Waals surface area contributed by atoms with E-state index in [0.29, 0.717) is 0 Å². The number of hydrogen-bond donors (Lipinski definition) is 0. The third-order valence-corrected chi connectivity index (χ3v) is 15.4. The van der Waals surface area contributed by atoms with E-state index < -0.39 is 10.8 Å². The average Bonchev–Trinajstić information content (AvgIpc) is 4.05. The predicted molar refractivity (Wildman–Crippen MR) is 290 cm³/mol. The summed E-state index contributed by atoms with van der Waals surface area (Å²) < 4.78 is 2.40. The number of para-hydroxylation sites is 2. The Bertz CT molecular complexity index is 3790. The highest BCUT2D eigenvalue weighted by Gasteiger charge is 2.47. The second-order valence-corrected chi connectivity index (χ2v) is 18.7. The predicted octanol–water partition coefficient (Wildman–Crippen LogP) is 17.0. The first kappa shape index (κ1) is 40.1. The fraction of sp³-hybridized carbons (Fsp3) is 0.0294. The van der Waals surface area contributed by atoms with Gasteiger partial charge in [-0.1, -0.05) is 218 Å². The lowest BCUT2D eigenvalue weighted by atomic mass is 9.67. The highest BCUT2D eigenvalue weighted by molar-refractivity contribution is 6.09. The summed E-state index contributed by atoms with van der Waals surface area (Å²) in [6.45, 7) is 0. The molecule has 0 spiro atoms. The third kappa shape index (κ3) is 5.68. The molecule has 2 nitrogen and oxygen atoms in total. The van der Waals surface area contributed by atoms with Crippen LogP contribution in [0.2, 0.25) is 0 Å². The molecule has 0 amide bonds. The zero-order chi connectivity index (χ0) is 46.2. The van der Waals surface area contributed by atoms with E-state index in [2.05, 4.69) is 289 Å². The van der Waals surface area contributed by atoms with Gasteiger partial charge in [0.2, 0.25) is 0 Å². The SMILES string of the molecule is c1ccc(C2(c3ccc(N(c4ccc(-n5c6ccccc6c6ccccc65)cc4)c4ccc5c(c4)-c4ccccc4C5(c4ccccc4)c4ccccc4)cc3)c3ccccc3-c3ccccc32)cc1. The fourth-order valence-corrected chi connectivity index (χ4v) is 12.5. The minimum absolute atomic E-state index is 0.483. The second kappa shape index (κ2) is 15.8. The van der Waals surface area contributed by atoms with Gasteiger partial charge in [-0.05, 0) is 127 Å². The average molecular weight is 891 g/mol. The fourth-order valence-electron chi connectivity index (χ4n) is 12.5. The van der Waals surface area contributed by atoms with E-state index in [-0.39, 0.29) is 0 Å². The zero-order valence-corrected chi connectivity index (χ0v) is 38.5. The Balaban J connectivity index is 0.974. The molecule has 70 heavy (non-hydrogen) atoms. The Labute approximate surface area is 408 Å². The molecule has 1 heterocycles. The molecule has 2 aliphatic rings. The lowest BCUT2D eigenvalue weighted by Crippen LogP contribution is -2.28. The van der Waals surface area contributed by atoms with E-state index in [4.69, 9.17) is 0 Å². The number of rotatable bonds is 8. The van der Waals surface area contributed by atoms with E-state index in [0.717, 1.165) is 22.7 Å². The Morgan fingerprint density at radius 3 is 1.07 bits per heavy atom. The Morgan fingerprint density at radius 2 is 0.600 bits per heavy atom. The lowest BCUT2D eigenvalue weighted by molar-refractivity contribution is 0.768. The maximum Gasteiger partial charge on any atom is 0.0713 e. The quantitative estimate of drug-likeness (QED) is 0.148. The van der Waals surface area contributed by atoms with Crippen LogP contribution in [0.3, 0.4) is 0 Å². The molecule has 2 aliphatic carbocycles. The monoisotopic (exact) mass is 890 g/mol. The van der Waals surface area contributed by atoms with Crippen LogP contribution in [0.1, 0.15) is 44.5 Å². The molecule has 0 radical (unpaired) electrons. The molecule has 12 aromatic rings. The number of anilines is 3. The van der Waals surface area contributed by atoms with Crippen molar-refractivity contribution < 1.29 is 0 Å². The molecular weight excluding hydrogens is 845 g/mol. The van der Waals surface area contributed by atoms with Gasteiger partial charge in [0.05, 0.1) is 21.9 Å². The third-order valence-electron chi connectivity index (χ3n) is 15.4. The van der Waals surface area contributed by atoms with Crippen LogP contribution in [-0.4, -0.2) is 4.57 Å². The van der Waals surface area contributed by atoms with Gasteiger partial charge in [-0.15, -0.1) is 0 Å². The van der Waals surface area contributed by atoms with Gasteiger partial charge in [0, 0.05) is 33.5 Å². The summed E-state index contributed by atoms with van der Waals surface area (Å²) in [6.07, 6.45) is 0. The van der Waals surface area contributed by atoms with Crippen molar-refractivity contribution in [2.45, 2.75) is 10.8 Å². The van der Waals surface area contributed by atoms with Gasteiger partial charge in [0.1, 0.15) is 0 Å². The van der Waals surface area contributed by atoms with Crippen LogP contribution in [-0.2, 0) is 10.8 Å². The van der Waals surface area contributed by atoms with E-state index in [1.807, 2.05) is 0 Å². The van der Waals surface area contributed by atoms with E-state index in [1.54, 1.807) is 0 Å². The van der Waals surface area contributed by atoms with Crippen molar-refractivity contribution >= 4 is 38.9 Å². The van der Waals surface area contributed by atoms with Crippen LogP contribution in [0.15, 0.2) is 279 Å². The first-order chi connectivity index (χ1) is 34.7. The molecule has 0 saturated carbocycles. The number of fused-ring (bicyclic) bond motifs is 9. The molecule has 1 aromatic heterocycles.